The van der Waals surface area contributed by atoms with Gasteiger partial charge in [0.15, 0.2) is 0 Å². The SMILES string of the molecule is OCCCCNc1ncc(Br)cc1C(F)(F)F. The number of hydrogen-bond donors (Lipinski definition) is 2. The average Bonchev–Trinajstić information content (AvgIpc) is 2.25. The number of hydrogen-bond acceptors (Lipinski definition) is 3. The number of aliphatic hydroxyl groups excluding tert-OH is 1. The lowest BCUT2D eigenvalue weighted by molar-refractivity contribution is -0.137. The maximum absolute atomic E-state index is 12.7. The molecule has 0 fully saturated rings. The molecular formula is C10H12BrF3N2O. The van der Waals surface area contributed by atoms with E-state index in [2.05, 4.69) is 26.2 Å². The van der Waals surface area contributed by atoms with Crippen LogP contribution < -0.4 is 5.32 Å². The number of aliphatic hydroxyl groups is 1. The van der Waals surface area contributed by atoms with E-state index in [1.54, 1.807) is 0 Å². The second-order valence-electron chi connectivity index (χ2n) is 3.40. The van der Waals surface area contributed by atoms with Crippen LogP contribution in [-0.4, -0.2) is 23.2 Å². The van der Waals surface area contributed by atoms with Crippen LogP contribution in [-0.2, 0) is 6.18 Å². The lowest BCUT2D eigenvalue weighted by Gasteiger charge is -2.13. The van der Waals surface area contributed by atoms with Gasteiger partial charge < -0.3 is 10.4 Å². The molecule has 0 saturated heterocycles. The lowest BCUT2D eigenvalue weighted by Crippen LogP contribution is -2.13. The molecule has 3 nitrogen and oxygen atoms in total. The summed E-state index contributed by atoms with van der Waals surface area (Å²) in [7, 11) is 0. The van der Waals surface area contributed by atoms with E-state index < -0.39 is 11.7 Å². The van der Waals surface area contributed by atoms with Gasteiger partial charge in [0, 0.05) is 23.8 Å². The van der Waals surface area contributed by atoms with Gasteiger partial charge in [-0.25, -0.2) is 4.98 Å². The minimum Gasteiger partial charge on any atom is -0.396 e. The van der Waals surface area contributed by atoms with Crippen molar-refractivity contribution in [2.45, 2.75) is 19.0 Å². The molecule has 0 aliphatic carbocycles. The van der Waals surface area contributed by atoms with Crippen LogP contribution in [0.5, 0.6) is 0 Å². The Balaban J connectivity index is 2.77. The highest BCUT2D eigenvalue weighted by Crippen LogP contribution is 2.35. The smallest absolute Gasteiger partial charge is 0.396 e. The van der Waals surface area contributed by atoms with Crippen molar-refractivity contribution in [3.05, 3.63) is 22.3 Å². The summed E-state index contributed by atoms with van der Waals surface area (Å²) >= 11 is 2.96. The monoisotopic (exact) mass is 312 g/mol. The van der Waals surface area contributed by atoms with Gasteiger partial charge in [0.1, 0.15) is 5.82 Å². The minimum atomic E-state index is -4.43. The summed E-state index contributed by atoms with van der Waals surface area (Å²) in [6.45, 7) is 0.375. The molecule has 0 radical (unpaired) electrons. The van der Waals surface area contributed by atoms with Gasteiger partial charge in [0.25, 0.3) is 0 Å². The van der Waals surface area contributed by atoms with E-state index in [0.717, 1.165) is 6.07 Å². The maximum atomic E-state index is 12.7. The predicted octanol–water partition coefficient (Wildman–Crippen LogP) is 3.05. The van der Waals surface area contributed by atoms with Gasteiger partial charge in [-0.15, -0.1) is 0 Å². The molecule has 1 heterocycles. The molecule has 0 aliphatic heterocycles. The van der Waals surface area contributed by atoms with Crippen molar-refractivity contribution < 1.29 is 18.3 Å². The van der Waals surface area contributed by atoms with Crippen LogP contribution in [0.25, 0.3) is 0 Å². The molecule has 0 aliphatic rings. The highest BCUT2D eigenvalue weighted by molar-refractivity contribution is 9.10. The third-order valence-electron chi connectivity index (χ3n) is 2.04. The molecule has 2 N–H and O–H groups in total. The van der Waals surface area contributed by atoms with E-state index in [-0.39, 0.29) is 16.9 Å². The van der Waals surface area contributed by atoms with Crippen molar-refractivity contribution in [2.24, 2.45) is 0 Å². The molecule has 0 bridgehead atoms. The summed E-state index contributed by atoms with van der Waals surface area (Å²) in [6.07, 6.45) is -1.99. The zero-order chi connectivity index (χ0) is 12.9. The van der Waals surface area contributed by atoms with E-state index in [0.29, 0.717) is 19.4 Å². The average molecular weight is 313 g/mol. The standard InChI is InChI=1S/C10H12BrF3N2O/c11-7-5-8(10(12,13)14)9(16-6-7)15-3-1-2-4-17/h5-6,17H,1-4H2,(H,15,16). The van der Waals surface area contributed by atoms with Crippen LogP contribution >= 0.6 is 15.9 Å². The Morgan fingerprint density at radius 1 is 1.35 bits per heavy atom. The van der Waals surface area contributed by atoms with E-state index >= 15 is 0 Å². The Kier molecular flexibility index (Phi) is 5.20. The van der Waals surface area contributed by atoms with Crippen LogP contribution in [0, 0.1) is 0 Å². The van der Waals surface area contributed by atoms with E-state index in [1.165, 1.54) is 6.20 Å². The van der Waals surface area contributed by atoms with Crippen LogP contribution in [0.15, 0.2) is 16.7 Å². The molecule has 0 amide bonds. The normalized spacial score (nSPS) is 11.6. The van der Waals surface area contributed by atoms with Gasteiger partial charge in [0.2, 0.25) is 0 Å². The fourth-order valence-electron chi connectivity index (χ4n) is 1.24. The summed E-state index contributed by atoms with van der Waals surface area (Å²) in [5, 5.41) is 11.2. The van der Waals surface area contributed by atoms with Gasteiger partial charge in [0.05, 0.1) is 5.56 Å². The highest BCUT2D eigenvalue weighted by Gasteiger charge is 2.34. The quantitative estimate of drug-likeness (QED) is 0.821. The van der Waals surface area contributed by atoms with Gasteiger partial charge in [-0.2, -0.15) is 13.2 Å². The first-order chi connectivity index (χ1) is 7.95. The number of nitrogens with zero attached hydrogens (tertiary/aromatic N) is 1. The van der Waals surface area contributed by atoms with Gasteiger partial charge in [-0.3, -0.25) is 0 Å². The van der Waals surface area contributed by atoms with Crippen molar-refractivity contribution in [3.63, 3.8) is 0 Å². The van der Waals surface area contributed by atoms with E-state index in [1.807, 2.05) is 0 Å². The Hall–Kier alpha value is -0.820. The van der Waals surface area contributed by atoms with Crippen LogP contribution in [0.4, 0.5) is 19.0 Å². The van der Waals surface area contributed by atoms with Gasteiger partial charge in [-0.05, 0) is 34.8 Å². The summed E-state index contributed by atoms with van der Waals surface area (Å²) in [5.74, 6) is -0.182. The molecular weight excluding hydrogens is 301 g/mol. The summed E-state index contributed by atoms with van der Waals surface area (Å²) in [6, 6.07) is 0.987. The second kappa shape index (κ2) is 6.20. The van der Waals surface area contributed by atoms with Crippen LogP contribution in [0.3, 0.4) is 0 Å². The summed E-state index contributed by atoms with van der Waals surface area (Å²) < 4.78 is 38.3. The molecule has 0 aromatic carbocycles. The van der Waals surface area contributed by atoms with Crippen molar-refractivity contribution in [1.82, 2.24) is 4.98 Å². The second-order valence-corrected chi connectivity index (χ2v) is 4.32. The Morgan fingerprint density at radius 3 is 2.65 bits per heavy atom. The molecule has 17 heavy (non-hydrogen) atoms. The number of rotatable bonds is 5. The molecule has 0 saturated carbocycles. The molecule has 7 heteroatoms. The fraction of sp³-hybridized carbons (Fsp3) is 0.500. The number of alkyl halides is 3. The van der Waals surface area contributed by atoms with Gasteiger partial charge >= 0.3 is 6.18 Å². The fourth-order valence-corrected chi connectivity index (χ4v) is 1.57. The lowest BCUT2D eigenvalue weighted by atomic mass is 10.2. The molecule has 0 atom stereocenters. The zero-order valence-electron chi connectivity index (χ0n) is 8.89. The molecule has 1 rings (SSSR count). The minimum absolute atomic E-state index is 0.0293. The summed E-state index contributed by atoms with van der Waals surface area (Å²) in [5.41, 5.74) is -0.795. The van der Waals surface area contributed by atoms with Crippen molar-refractivity contribution in [1.29, 1.82) is 0 Å². The topological polar surface area (TPSA) is 45.1 Å². The third kappa shape index (κ3) is 4.51. The van der Waals surface area contributed by atoms with Crippen molar-refractivity contribution in [3.8, 4) is 0 Å². The highest BCUT2D eigenvalue weighted by atomic mass is 79.9. The van der Waals surface area contributed by atoms with E-state index in [9.17, 15) is 13.2 Å². The molecule has 1 aromatic heterocycles. The van der Waals surface area contributed by atoms with Crippen LogP contribution in [0.2, 0.25) is 0 Å². The third-order valence-corrected chi connectivity index (χ3v) is 2.47. The number of unbranched alkanes of at least 4 members (excludes halogenated alkanes) is 1. The number of pyridine rings is 1. The molecule has 0 spiro atoms. The number of aromatic nitrogens is 1. The van der Waals surface area contributed by atoms with Gasteiger partial charge in [-0.1, -0.05) is 0 Å². The van der Waals surface area contributed by atoms with Crippen molar-refractivity contribution in [2.75, 3.05) is 18.5 Å². The largest absolute Gasteiger partial charge is 0.419 e. The molecule has 0 unspecified atom stereocenters. The number of anilines is 1. The number of nitrogens with one attached hydrogen (secondary N) is 1. The molecule has 1 aromatic rings. The van der Waals surface area contributed by atoms with E-state index in [4.69, 9.17) is 5.11 Å². The summed E-state index contributed by atoms with van der Waals surface area (Å²) in [4.78, 5) is 3.70. The first-order valence-electron chi connectivity index (χ1n) is 5.02. The number of halogens is 4. The van der Waals surface area contributed by atoms with Crippen LogP contribution in [0.1, 0.15) is 18.4 Å². The maximum Gasteiger partial charge on any atom is 0.419 e. The Labute approximate surface area is 105 Å². The van der Waals surface area contributed by atoms with Crippen molar-refractivity contribution >= 4 is 21.7 Å². The predicted molar refractivity (Wildman–Crippen MR) is 61.7 cm³/mol. The zero-order valence-corrected chi connectivity index (χ0v) is 10.5. The Bertz CT molecular complexity index is 371. The first kappa shape index (κ1) is 14.2. The Morgan fingerprint density at radius 2 is 2.06 bits per heavy atom. The first-order valence-corrected chi connectivity index (χ1v) is 5.82. The molecule has 96 valence electrons.